The van der Waals surface area contributed by atoms with Gasteiger partial charge in [-0.05, 0) is 60.9 Å². The average molecular weight is 492 g/mol. The minimum atomic E-state index is -0.624. The van der Waals surface area contributed by atoms with Crippen LogP contribution < -0.4 is 5.32 Å². The maximum absolute atomic E-state index is 13.3. The second-order valence-electron chi connectivity index (χ2n) is 9.70. The number of hydrogen-bond acceptors (Lipinski definition) is 2. The van der Waals surface area contributed by atoms with Crippen molar-refractivity contribution in [3.05, 3.63) is 69.2 Å². The van der Waals surface area contributed by atoms with Crippen LogP contribution in [0.25, 0.3) is 0 Å². The molecule has 2 amide bonds. The first-order chi connectivity index (χ1) is 15.4. The van der Waals surface area contributed by atoms with E-state index in [1.807, 2.05) is 13.8 Å². The highest BCUT2D eigenvalue weighted by Gasteiger charge is 2.27. The molecule has 0 saturated carbocycles. The number of amides is 2. The van der Waals surface area contributed by atoms with Gasteiger partial charge in [0.25, 0.3) is 0 Å². The Hall–Kier alpha value is -2.04. The lowest BCUT2D eigenvalue weighted by Gasteiger charge is -2.30. The molecule has 0 aliphatic heterocycles. The fraction of sp³-hybridized carbons (Fsp3) is 0.481. The first kappa shape index (κ1) is 27.2. The lowest BCUT2D eigenvalue weighted by Crippen LogP contribution is -2.49. The number of carbonyl (C=O) groups is 2. The molecule has 0 unspecified atom stereocenters. The third-order valence-corrected chi connectivity index (χ3v) is 6.56. The summed E-state index contributed by atoms with van der Waals surface area (Å²) in [5.74, 6) is -0.259. The normalized spacial score (nSPS) is 13.3. The predicted octanol–water partition coefficient (Wildman–Crippen LogP) is 6.56. The first-order valence-electron chi connectivity index (χ1n) is 11.6. The SMILES string of the molecule is CC[C@H](C)NC(=O)[C@@H](C)N(Cc1ccc(Cl)cc1Cl)C(=O)CCc1ccc(C(C)(C)C)cc1. The summed E-state index contributed by atoms with van der Waals surface area (Å²) < 4.78 is 0. The van der Waals surface area contributed by atoms with Crippen molar-refractivity contribution < 1.29 is 9.59 Å². The quantitative estimate of drug-likeness (QED) is 0.432. The van der Waals surface area contributed by atoms with Gasteiger partial charge in [-0.2, -0.15) is 0 Å². The molecule has 2 atom stereocenters. The van der Waals surface area contributed by atoms with Gasteiger partial charge in [0.2, 0.25) is 11.8 Å². The van der Waals surface area contributed by atoms with Crippen LogP contribution in [0.15, 0.2) is 42.5 Å². The van der Waals surface area contributed by atoms with Crippen LogP contribution in [-0.4, -0.2) is 28.8 Å². The Morgan fingerprint density at radius 3 is 2.21 bits per heavy atom. The van der Waals surface area contributed by atoms with Crippen molar-refractivity contribution in [1.82, 2.24) is 10.2 Å². The molecule has 0 aliphatic carbocycles. The summed E-state index contributed by atoms with van der Waals surface area (Å²) in [6.07, 6.45) is 1.73. The maximum atomic E-state index is 13.3. The Bertz CT molecular complexity index is 952. The highest BCUT2D eigenvalue weighted by molar-refractivity contribution is 6.35. The average Bonchev–Trinajstić information content (AvgIpc) is 2.76. The lowest BCUT2D eigenvalue weighted by molar-refractivity contribution is -0.140. The van der Waals surface area contributed by atoms with Gasteiger partial charge in [-0.15, -0.1) is 0 Å². The van der Waals surface area contributed by atoms with Crippen LogP contribution >= 0.6 is 23.2 Å². The van der Waals surface area contributed by atoms with E-state index in [0.29, 0.717) is 22.9 Å². The van der Waals surface area contributed by atoms with E-state index < -0.39 is 6.04 Å². The Morgan fingerprint density at radius 1 is 1.03 bits per heavy atom. The molecule has 0 bridgehead atoms. The van der Waals surface area contributed by atoms with Crippen LogP contribution in [0.4, 0.5) is 0 Å². The van der Waals surface area contributed by atoms with E-state index in [4.69, 9.17) is 23.2 Å². The Labute approximate surface area is 208 Å². The molecule has 0 heterocycles. The van der Waals surface area contributed by atoms with E-state index in [1.165, 1.54) is 5.56 Å². The molecule has 33 heavy (non-hydrogen) atoms. The molecule has 0 spiro atoms. The number of benzene rings is 2. The van der Waals surface area contributed by atoms with Crippen molar-refractivity contribution in [1.29, 1.82) is 0 Å². The summed E-state index contributed by atoms with van der Waals surface area (Å²) in [7, 11) is 0. The van der Waals surface area contributed by atoms with Gasteiger partial charge in [-0.3, -0.25) is 9.59 Å². The fourth-order valence-corrected chi connectivity index (χ4v) is 3.92. The number of carbonyl (C=O) groups excluding carboxylic acids is 2. The summed E-state index contributed by atoms with van der Waals surface area (Å²) in [5.41, 5.74) is 3.19. The number of nitrogens with zero attached hydrogens (tertiary/aromatic N) is 1. The Kier molecular flexibility index (Phi) is 9.81. The van der Waals surface area contributed by atoms with Gasteiger partial charge in [0.15, 0.2) is 0 Å². The van der Waals surface area contributed by atoms with Gasteiger partial charge in [0.1, 0.15) is 6.04 Å². The second-order valence-corrected chi connectivity index (χ2v) is 10.5. The zero-order valence-corrected chi connectivity index (χ0v) is 22.1. The standard InChI is InChI=1S/C27H36Cl2N2O2/c1-7-18(2)30-26(33)19(3)31(17-21-11-14-23(28)16-24(21)29)25(32)15-10-20-8-12-22(13-9-20)27(4,5)6/h8-9,11-14,16,18-19H,7,10,15,17H2,1-6H3,(H,30,33)/t18-,19+/m0/s1. The van der Waals surface area contributed by atoms with E-state index in [2.05, 4.69) is 50.4 Å². The molecular weight excluding hydrogens is 455 g/mol. The number of hydrogen-bond donors (Lipinski definition) is 1. The number of halogens is 2. The molecular formula is C27H36Cl2N2O2. The fourth-order valence-electron chi connectivity index (χ4n) is 3.45. The highest BCUT2D eigenvalue weighted by Crippen LogP contribution is 2.25. The van der Waals surface area contributed by atoms with Gasteiger partial charge in [-0.25, -0.2) is 0 Å². The summed E-state index contributed by atoms with van der Waals surface area (Å²) >= 11 is 12.4. The van der Waals surface area contributed by atoms with E-state index in [1.54, 1.807) is 30.0 Å². The molecule has 2 rings (SSSR count). The van der Waals surface area contributed by atoms with Crippen molar-refractivity contribution in [3.63, 3.8) is 0 Å². The smallest absolute Gasteiger partial charge is 0.242 e. The lowest BCUT2D eigenvalue weighted by atomic mass is 9.86. The molecule has 2 aromatic carbocycles. The summed E-state index contributed by atoms with van der Waals surface area (Å²) in [4.78, 5) is 27.7. The topological polar surface area (TPSA) is 49.4 Å². The molecule has 0 aliphatic rings. The Morgan fingerprint density at radius 2 is 1.67 bits per heavy atom. The molecule has 4 nitrogen and oxygen atoms in total. The molecule has 0 aromatic heterocycles. The van der Waals surface area contributed by atoms with Crippen LogP contribution in [0.5, 0.6) is 0 Å². The van der Waals surface area contributed by atoms with Crippen LogP contribution in [0, 0.1) is 0 Å². The summed E-state index contributed by atoms with van der Waals surface area (Å²) in [5, 5.41) is 3.99. The van der Waals surface area contributed by atoms with Crippen LogP contribution in [0.1, 0.15) is 71.1 Å². The number of aryl methyl sites for hydroxylation is 1. The molecule has 0 saturated heterocycles. The van der Waals surface area contributed by atoms with E-state index >= 15 is 0 Å². The van der Waals surface area contributed by atoms with E-state index in [0.717, 1.165) is 17.5 Å². The Balaban J connectivity index is 2.18. The third kappa shape index (κ3) is 8.04. The molecule has 180 valence electrons. The van der Waals surface area contributed by atoms with E-state index in [9.17, 15) is 9.59 Å². The van der Waals surface area contributed by atoms with Gasteiger partial charge in [0, 0.05) is 29.1 Å². The zero-order valence-electron chi connectivity index (χ0n) is 20.5. The van der Waals surface area contributed by atoms with Crippen LogP contribution in [0.3, 0.4) is 0 Å². The van der Waals surface area contributed by atoms with Crippen LogP contribution in [0.2, 0.25) is 10.0 Å². The van der Waals surface area contributed by atoms with Crippen molar-refractivity contribution in [2.24, 2.45) is 0 Å². The van der Waals surface area contributed by atoms with Crippen molar-refractivity contribution in [3.8, 4) is 0 Å². The predicted molar refractivity (Wildman–Crippen MR) is 138 cm³/mol. The summed E-state index contributed by atoms with van der Waals surface area (Å²) in [6, 6.07) is 13.0. The molecule has 0 fully saturated rings. The monoisotopic (exact) mass is 490 g/mol. The largest absolute Gasteiger partial charge is 0.352 e. The van der Waals surface area contributed by atoms with Crippen molar-refractivity contribution in [2.45, 2.75) is 84.8 Å². The van der Waals surface area contributed by atoms with Gasteiger partial charge in [-0.1, -0.05) is 81.2 Å². The minimum Gasteiger partial charge on any atom is -0.352 e. The number of nitrogens with one attached hydrogen (secondary N) is 1. The van der Waals surface area contributed by atoms with Gasteiger partial charge in [0.05, 0.1) is 0 Å². The van der Waals surface area contributed by atoms with Crippen molar-refractivity contribution in [2.75, 3.05) is 0 Å². The van der Waals surface area contributed by atoms with Gasteiger partial charge >= 0.3 is 0 Å². The molecule has 6 heteroatoms. The van der Waals surface area contributed by atoms with Crippen LogP contribution in [-0.2, 0) is 28.0 Å². The highest BCUT2D eigenvalue weighted by atomic mass is 35.5. The third-order valence-electron chi connectivity index (χ3n) is 5.97. The van der Waals surface area contributed by atoms with Crippen molar-refractivity contribution >= 4 is 35.0 Å². The molecule has 1 N–H and O–H groups in total. The number of rotatable bonds is 9. The second kappa shape index (κ2) is 11.9. The zero-order chi connectivity index (χ0) is 24.8. The molecule has 0 radical (unpaired) electrons. The first-order valence-corrected chi connectivity index (χ1v) is 12.3. The van der Waals surface area contributed by atoms with Gasteiger partial charge < -0.3 is 10.2 Å². The van der Waals surface area contributed by atoms with E-state index in [-0.39, 0.29) is 29.8 Å². The minimum absolute atomic E-state index is 0.0392. The summed E-state index contributed by atoms with van der Waals surface area (Å²) in [6.45, 7) is 12.5. The maximum Gasteiger partial charge on any atom is 0.242 e. The molecule has 2 aromatic rings.